The molecule has 2 atom stereocenters. The van der Waals surface area contributed by atoms with Crippen molar-refractivity contribution in [2.45, 2.75) is 43.3 Å². The monoisotopic (exact) mass is 245 g/mol. The zero-order valence-electron chi connectivity index (χ0n) is 11.1. The molecule has 0 aliphatic carbocycles. The Labute approximate surface area is 109 Å². The molecule has 0 spiro atoms. The van der Waals surface area contributed by atoms with Gasteiger partial charge in [-0.2, -0.15) is 0 Å². The van der Waals surface area contributed by atoms with E-state index in [2.05, 4.69) is 47.6 Å². The van der Waals surface area contributed by atoms with E-state index in [0.717, 1.165) is 6.54 Å². The second-order valence-corrected chi connectivity index (χ2v) is 5.93. The molecular weight excluding hydrogens is 222 g/mol. The Bertz CT molecular complexity index is 389. The van der Waals surface area contributed by atoms with Crippen LogP contribution in [-0.2, 0) is 0 Å². The number of para-hydroxylation sites is 1. The van der Waals surface area contributed by atoms with Crippen molar-refractivity contribution < 1.29 is 0 Å². The molecule has 3 rings (SSSR count). The summed E-state index contributed by atoms with van der Waals surface area (Å²) in [5.41, 5.74) is 7.40. The zero-order valence-corrected chi connectivity index (χ0v) is 11.1. The first-order valence-electron chi connectivity index (χ1n) is 6.98. The van der Waals surface area contributed by atoms with Crippen molar-refractivity contribution in [3.8, 4) is 0 Å². The van der Waals surface area contributed by atoms with E-state index in [1.54, 1.807) is 0 Å². The molecule has 2 fully saturated rings. The molecule has 18 heavy (non-hydrogen) atoms. The number of fused-ring (bicyclic) bond motifs is 2. The van der Waals surface area contributed by atoms with Gasteiger partial charge in [0.05, 0.1) is 5.54 Å². The van der Waals surface area contributed by atoms with Crippen LogP contribution >= 0.6 is 0 Å². The summed E-state index contributed by atoms with van der Waals surface area (Å²) in [5.74, 6) is 0. The molecule has 1 aromatic carbocycles. The lowest BCUT2D eigenvalue weighted by Crippen LogP contribution is -2.57. The number of anilines is 1. The van der Waals surface area contributed by atoms with E-state index in [-0.39, 0.29) is 5.54 Å². The highest BCUT2D eigenvalue weighted by Crippen LogP contribution is 2.40. The number of benzene rings is 1. The fourth-order valence-electron chi connectivity index (χ4n) is 3.72. The lowest BCUT2D eigenvalue weighted by Gasteiger charge is -2.45. The quantitative estimate of drug-likeness (QED) is 0.856. The van der Waals surface area contributed by atoms with Crippen molar-refractivity contribution in [3.05, 3.63) is 30.3 Å². The third kappa shape index (κ3) is 2.02. The molecule has 2 aliphatic rings. The van der Waals surface area contributed by atoms with Crippen LogP contribution in [0.5, 0.6) is 0 Å². The second kappa shape index (κ2) is 4.56. The Kier molecular flexibility index (Phi) is 3.04. The van der Waals surface area contributed by atoms with Crippen LogP contribution in [0.3, 0.4) is 0 Å². The smallest absolute Gasteiger partial charge is 0.0525 e. The Morgan fingerprint density at radius 3 is 2.39 bits per heavy atom. The lowest BCUT2D eigenvalue weighted by atomic mass is 9.82. The van der Waals surface area contributed by atoms with Gasteiger partial charge in [-0.15, -0.1) is 0 Å². The standard InChI is InChI=1S/C15H23N3/c1-18-13-7-8-14(18)10-15(9-13,11-16)17-12-5-3-2-4-6-12/h2-6,13-14,17H,7-11,16H2,1H3. The third-order valence-corrected chi connectivity index (χ3v) is 4.81. The Hall–Kier alpha value is -1.06. The Morgan fingerprint density at radius 1 is 1.22 bits per heavy atom. The van der Waals surface area contributed by atoms with Crippen LogP contribution in [0.4, 0.5) is 5.69 Å². The summed E-state index contributed by atoms with van der Waals surface area (Å²) < 4.78 is 0. The molecule has 3 heteroatoms. The van der Waals surface area contributed by atoms with Gasteiger partial charge in [0, 0.05) is 24.3 Å². The van der Waals surface area contributed by atoms with Gasteiger partial charge in [-0.05, 0) is 44.9 Å². The average molecular weight is 245 g/mol. The maximum absolute atomic E-state index is 6.10. The van der Waals surface area contributed by atoms with Gasteiger partial charge >= 0.3 is 0 Å². The number of hydrogen-bond donors (Lipinski definition) is 2. The highest BCUT2D eigenvalue weighted by molar-refractivity contribution is 5.46. The van der Waals surface area contributed by atoms with E-state index >= 15 is 0 Å². The first-order valence-corrected chi connectivity index (χ1v) is 6.98. The van der Waals surface area contributed by atoms with Gasteiger partial charge < -0.3 is 16.0 Å². The normalized spacial score (nSPS) is 35.7. The largest absolute Gasteiger partial charge is 0.378 e. The highest BCUT2D eigenvalue weighted by Gasteiger charge is 2.46. The second-order valence-electron chi connectivity index (χ2n) is 5.93. The third-order valence-electron chi connectivity index (χ3n) is 4.81. The molecule has 98 valence electrons. The molecule has 3 N–H and O–H groups in total. The van der Waals surface area contributed by atoms with Crippen molar-refractivity contribution in [2.75, 3.05) is 18.9 Å². The van der Waals surface area contributed by atoms with Crippen LogP contribution < -0.4 is 11.1 Å². The first-order chi connectivity index (χ1) is 8.72. The van der Waals surface area contributed by atoms with Crippen molar-refractivity contribution >= 4 is 5.69 Å². The number of nitrogens with zero attached hydrogens (tertiary/aromatic N) is 1. The molecule has 2 bridgehead atoms. The maximum atomic E-state index is 6.10. The predicted octanol–water partition coefficient (Wildman–Crippen LogP) is 2.05. The number of piperidine rings is 1. The summed E-state index contributed by atoms with van der Waals surface area (Å²) >= 11 is 0. The van der Waals surface area contributed by atoms with E-state index in [9.17, 15) is 0 Å². The number of nitrogens with one attached hydrogen (secondary N) is 1. The van der Waals surface area contributed by atoms with Crippen molar-refractivity contribution in [3.63, 3.8) is 0 Å². The molecule has 2 unspecified atom stereocenters. The predicted molar refractivity (Wildman–Crippen MR) is 75.7 cm³/mol. The fourth-order valence-corrected chi connectivity index (χ4v) is 3.72. The Balaban J connectivity index is 1.80. The molecule has 0 saturated carbocycles. The lowest BCUT2D eigenvalue weighted by molar-refractivity contribution is 0.127. The summed E-state index contributed by atoms with van der Waals surface area (Å²) in [5, 5.41) is 3.71. The Morgan fingerprint density at radius 2 is 1.83 bits per heavy atom. The van der Waals surface area contributed by atoms with Crippen LogP contribution in [0, 0.1) is 0 Å². The number of rotatable bonds is 3. The van der Waals surface area contributed by atoms with E-state index < -0.39 is 0 Å². The minimum atomic E-state index is 0.0969. The van der Waals surface area contributed by atoms with Gasteiger partial charge in [0.25, 0.3) is 0 Å². The molecule has 2 aliphatic heterocycles. The minimum Gasteiger partial charge on any atom is -0.378 e. The average Bonchev–Trinajstić information content (AvgIpc) is 2.64. The zero-order chi connectivity index (χ0) is 12.6. The summed E-state index contributed by atoms with van der Waals surface area (Å²) in [6.07, 6.45) is 5.01. The molecule has 2 heterocycles. The van der Waals surface area contributed by atoms with E-state index in [1.807, 2.05) is 0 Å². The van der Waals surface area contributed by atoms with Gasteiger partial charge in [-0.1, -0.05) is 18.2 Å². The topological polar surface area (TPSA) is 41.3 Å². The van der Waals surface area contributed by atoms with Crippen LogP contribution in [0.25, 0.3) is 0 Å². The molecule has 0 radical (unpaired) electrons. The van der Waals surface area contributed by atoms with Gasteiger partial charge in [-0.3, -0.25) is 0 Å². The van der Waals surface area contributed by atoms with Gasteiger partial charge in [0.2, 0.25) is 0 Å². The van der Waals surface area contributed by atoms with Crippen LogP contribution in [0.2, 0.25) is 0 Å². The van der Waals surface area contributed by atoms with Gasteiger partial charge in [0.15, 0.2) is 0 Å². The van der Waals surface area contributed by atoms with Gasteiger partial charge in [-0.25, -0.2) is 0 Å². The summed E-state index contributed by atoms with van der Waals surface area (Å²) in [6.45, 7) is 0.725. The molecule has 2 saturated heterocycles. The van der Waals surface area contributed by atoms with Crippen molar-refractivity contribution in [1.29, 1.82) is 0 Å². The van der Waals surface area contributed by atoms with E-state index in [4.69, 9.17) is 5.73 Å². The van der Waals surface area contributed by atoms with Gasteiger partial charge in [0.1, 0.15) is 0 Å². The minimum absolute atomic E-state index is 0.0969. The molecule has 3 nitrogen and oxygen atoms in total. The van der Waals surface area contributed by atoms with E-state index in [1.165, 1.54) is 31.4 Å². The maximum Gasteiger partial charge on any atom is 0.0525 e. The summed E-state index contributed by atoms with van der Waals surface area (Å²) in [6, 6.07) is 11.9. The molecule has 0 amide bonds. The van der Waals surface area contributed by atoms with E-state index in [0.29, 0.717) is 12.1 Å². The summed E-state index contributed by atoms with van der Waals surface area (Å²) in [7, 11) is 2.27. The summed E-state index contributed by atoms with van der Waals surface area (Å²) in [4.78, 5) is 2.56. The van der Waals surface area contributed by atoms with Crippen LogP contribution in [0.1, 0.15) is 25.7 Å². The molecular formula is C15H23N3. The van der Waals surface area contributed by atoms with Crippen molar-refractivity contribution in [2.24, 2.45) is 5.73 Å². The molecule has 0 aromatic heterocycles. The SMILES string of the molecule is CN1C2CCC1CC(CN)(Nc1ccccc1)C2. The van der Waals surface area contributed by atoms with Crippen LogP contribution in [-0.4, -0.2) is 36.1 Å². The first kappa shape index (κ1) is 12.0. The highest BCUT2D eigenvalue weighted by atomic mass is 15.2. The van der Waals surface area contributed by atoms with Crippen LogP contribution in [0.15, 0.2) is 30.3 Å². The number of nitrogens with two attached hydrogens (primary N) is 1. The fraction of sp³-hybridized carbons (Fsp3) is 0.600. The molecule has 1 aromatic rings. The number of hydrogen-bond acceptors (Lipinski definition) is 3. The van der Waals surface area contributed by atoms with Crippen molar-refractivity contribution in [1.82, 2.24) is 4.90 Å².